The van der Waals surface area contributed by atoms with Gasteiger partial charge in [0.25, 0.3) is 0 Å². The Bertz CT molecular complexity index is 608. The van der Waals surface area contributed by atoms with E-state index < -0.39 is 0 Å². The van der Waals surface area contributed by atoms with Crippen LogP contribution >= 0.6 is 0 Å². The topological polar surface area (TPSA) is 83.6 Å². The highest BCUT2D eigenvalue weighted by atomic mass is 16.5. The summed E-state index contributed by atoms with van der Waals surface area (Å²) in [5.41, 5.74) is 2.12. The van der Waals surface area contributed by atoms with E-state index in [1.165, 1.54) is 0 Å². The quantitative estimate of drug-likeness (QED) is 0.327. The molecule has 1 aromatic carbocycles. The van der Waals surface area contributed by atoms with Gasteiger partial charge in [-0.2, -0.15) is 0 Å². The van der Waals surface area contributed by atoms with Crippen molar-refractivity contribution in [2.24, 2.45) is 4.99 Å². The van der Waals surface area contributed by atoms with Crippen molar-refractivity contribution in [3.8, 4) is 0 Å². The van der Waals surface area contributed by atoms with Crippen LogP contribution in [0, 0.1) is 0 Å². The second-order valence-corrected chi connectivity index (χ2v) is 5.69. The first-order valence-electron chi connectivity index (χ1n) is 8.78. The molecule has 0 aliphatic heterocycles. The number of aryl methyl sites for hydroxylation is 1. The van der Waals surface area contributed by atoms with Gasteiger partial charge in [-0.25, -0.2) is 4.98 Å². The van der Waals surface area contributed by atoms with Gasteiger partial charge in [-0.15, -0.1) is 0 Å². The molecule has 138 valence electrons. The number of hydrogen-bond acceptors (Lipinski definition) is 4. The number of nitrogens with one attached hydrogen (secondary N) is 3. The minimum absolute atomic E-state index is 0.641. The summed E-state index contributed by atoms with van der Waals surface area (Å²) in [7, 11) is 3.46. The van der Waals surface area contributed by atoms with Crippen molar-refractivity contribution < 1.29 is 9.47 Å². The van der Waals surface area contributed by atoms with Crippen LogP contribution in [-0.2, 0) is 15.9 Å². The number of ether oxygens (including phenoxy) is 2. The maximum Gasteiger partial charge on any atom is 0.190 e. The van der Waals surface area contributed by atoms with E-state index in [0.29, 0.717) is 13.2 Å². The van der Waals surface area contributed by atoms with Crippen molar-refractivity contribution in [2.75, 3.05) is 47.1 Å². The van der Waals surface area contributed by atoms with Crippen LogP contribution in [0.15, 0.2) is 29.3 Å². The van der Waals surface area contributed by atoms with Gasteiger partial charge in [-0.3, -0.25) is 4.99 Å². The molecule has 7 heteroatoms. The molecule has 0 radical (unpaired) electrons. The molecule has 1 heterocycles. The van der Waals surface area contributed by atoms with Crippen molar-refractivity contribution in [2.45, 2.75) is 19.3 Å². The van der Waals surface area contributed by atoms with E-state index in [4.69, 9.17) is 9.47 Å². The molecule has 0 saturated heterocycles. The molecule has 0 bridgehead atoms. The number of hydrogen-bond donors (Lipinski definition) is 3. The molecule has 1 aromatic heterocycles. The number of benzene rings is 1. The standard InChI is InChI=1S/C18H29N5O2/c1-19-18(21-11-6-12-25-14-13-24-2)20-10-5-9-17-22-15-7-3-4-8-16(15)23-17/h3-4,7-8H,5-6,9-14H2,1-2H3,(H,22,23)(H2,19,20,21). The third kappa shape index (κ3) is 7.11. The van der Waals surface area contributed by atoms with Crippen molar-refractivity contribution in [3.63, 3.8) is 0 Å². The van der Waals surface area contributed by atoms with Crippen molar-refractivity contribution in [1.82, 2.24) is 20.6 Å². The Hall–Kier alpha value is -2.12. The predicted molar refractivity (Wildman–Crippen MR) is 101 cm³/mol. The zero-order valence-corrected chi connectivity index (χ0v) is 15.2. The first-order chi connectivity index (χ1) is 12.3. The van der Waals surface area contributed by atoms with Gasteiger partial charge in [0, 0.05) is 40.3 Å². The Labute approximate surface area is 149 Å². The van der Waals surface area contributed by atoms with E-state index in [1.54, 1.807) is 14.2 Å². The van der Waals surface area contributed by atoms with Crippen LogP contribution in [0.4, 0.5) is 0 Å². The van der Waals surface area contributed by atoms with E-state index >= 15 is 0 Å². The second kappa shape index (κ2) is 11.4. The molecule has 7 nitrogen and oxygen atoms in total. The average molecular weight is 347 g/mol. The van der Waals surface area contributed by atoms with E-state index in [-0.39, 0.29) is 0 Å². The molecular weight excluding hydrogens is 318 g/mol. The lowest BCUT2D eigenvalue weighted by Crippen LogP contribution is -2.38. The highest BCUT2D eigenvalue weighted by Gasteiger charge is 2.02. The highest BCUT2D eigenvalue weighted by Crippen LogP contribution is 2.10. The fourth-order valence-electron chi connectivity index (χ4n) is 2.43. The number of fused-ring (bicyclic) bond motifs is 1. The molecule has 2 rings (SSSR count). The number of H-pyrrole nitrogens is 1. The number of methoxy groups -OCH3 is 1. The van der Waals surface area contributed by atoms with Gasteiger partial charge >= 0.3 is 0 Å². The predicted octanol–water partition coefficient (Wildman–Crippen LogP) is 1.71. The highest BCUT2D eigenvalue weighted by molar-refractivity contribution is 5.79. The van der Waals surface area contributed by atoms with Crippen LogP contribution in [0.2, 0.25) is 0 Å². The summed E-state index contributed by atoms with van der Waals surface area (Å²) in [6.07, 6.45) is 2.83. The van der Waals surface area contributed by atoms with Crippen LogP contribution in [0.1, 0.15) is 18.7 Å². The van der Waals surface area contributed by atoms with Crippen molar-refractivity contribution in [1.29, 1.82) is 0 Å². The summed E-state index contributed by atoms with van der Waals surface area (Å²) in [6.45, 7) is 3.68. The summed E-state index contributed by atoms with van der Waals surface area (Å²) < 4.78 is 10.4. The Morgan fingerprint density at radius 1 is 1.12 bits per heavy atom. The molecule has 0 spiro atoms. The Kier molecular flexibility index (Phi) is 8.79. The lowest BCUT2D eigenvalue weighted by molar-refractivity contribution is 0.0698. The molecular formula is C18H29N5O2. The first-order valence-corrected chi connectivity index (χ1v) is 8.78. The summed E-state index contributed by atoms with van der Waals surface area (Å²) in [4.78, 5) is 12.2. The van der Waals surface area contributed by atoms with Gasteiger partial charge in [0.05, 0.1) is 24.2 Å². The van der Waals surface area contributed by atoms with Gasteiger partial charge < -0.3 is 25.1 Å². The number of para-hydroxylation sites is 2. The lowest BCUT2D eigenvalue weighted by atomic mass is 10.3. The third-order valence-electron chi connectivity index (χ3n) is 3.73. The normalized spacial score (nSPS) is 11.8. The minimum atomic E-state index is 0.641. The van der Waals surface area contributed by atoms with Crippen molar-refractivity contribution >= 4 is 17.0 Å². The molecule has 0 atom stereocenters. The number of guanidine groups is 1. The summed E-state index contributed by atoms with van der Waals surface area (Å²) in [5, 5.41) is 6.61. The monoisotopic (exact) mass is 347 g/mol. The third-order valence-corrected chi connectivity index (χ3v) is 3.73. The number of nitrogens with zero attached hydrogens (tertiary/aromatic N) is 2. The molecule has 2 aromatic rings. The summed E-state index contributed by atoms with van der Waals surface area (Å²) in [6, 6.07) is 8.10. The van der Waals surface area contributed by atoms with Gasteiger partial charge in [0.2, 0.25) is 0 Å². The van der Waals surface area contributed by atoms with Crippen LogP contribution in [0.5, 0.6) is 0 Å². The molecule has 0 unspecified atom stereocenters. The minimum Gasteiger partial charge on any atom is -0.382 e. The summed E-state index contributed by atoms with van der Waals surface area (Å²) >= 11 is 0. The molecule has 0 aliphatic rings. The molecule has 0 fully saturated rings. The van der Waals surface area contributed by atoms with Gasteiger partial charge in [-0.1, -0.05) is 12.1 Å². The van der Waals surface area contributed by atoms with Crippen LogP contribution in [0.25, 0.3) is 11.0 Å². The fraction of sp³-hybridized carbons (Fsp3) is 0.556. The Morgan fingerprint density at radius 2 is 1.92 bits per heavy atom. The van der Waals surface area contributed by atoms with Crippen molar-refractivity contribution in [3.05, 3.63) is 30.1 Å². The van der Waals surface area contributed by atoms with E-state index in [2.05, 4.69) is 31.7 Å². The second-order valence-electron chi connectivity index (χ2n) is 5.69. The number of imidazole rings is 1. The van der Waals surface area contributed by atoms with Gasteiger partial charge in [-0.05, 0) is 25.0 Å². The first kappa shape index (κ1) is 19.2. The van der Waals surface area contributed by atoms with Crippen LogP contribution in [0.3, 0.4) is 0 Å². The van der Waals surface area contributed by atoms with E-state index in [9.17, 15) is 0 Å². The SMILES string of the molecule is CN=C(NCCCOCCOC)NCCCc1nc2ccccc2[nH]1. The fourth-order valence-corrected chi connectivity index (χ4v) is 2.43. The summed E-state index contributed by atoms with van der Waals surface area (Å²) in [5.74, 6) is 1.85. The van der Waals surface area contributed by atoms with Gasteiger partial charge in [0.1, 0.15) is 5.82 Å². The van der Waals surface area contributed by atoms with E-state index in [0.717, 1.165) is 61.8 Å². The molecule has 25 heavy (non-hydrogen) atoms. The lowest BCUT2D eigenvalue weighted by Gasteiger charge is -2.11. The molecule has 0 amide bonds. The number of aromatic amines is 1. The molecule has 3 N–H and O–H groups in total. The maximum atomic E-state index is 5.43. The van der Waals surface area contributed by atoms with Crippen LogP contribution in [-0.4, -0.2) is 63.0 Å². The smallest absolute Gasteiger partial charge is 0.190 e. The largest absolute Gasteiger partial charge is 0.382 e. The molecule has 0 saturated carbocycles. The molecule has 0 aliphatic carbocycles. The van der Waals surface area contributed by atoms with Crippen LogP contribution < -0.4 is 10.6 Å². The number of aromatic nitrogens is 2. The maximum absolute atomic E-state index is 5.43. The Morgan fingerprint density at radius 3 is 2.68 bits per heavy atom. The average Bonchev–Trinajstić information content (AvgIpc) is 3.05. The zero-order valence-electron chi connectivity index (χ0n) is 15.2. The Balaban J connectivity index is 1.56. The van der Waals surface area contributed by atoms with E-state index in [1.807, 2.05) is 18.2 Å². The number of rotatable bonds is 11. The zero-order chi connectivity index (χ0) is 17.7. The van der Waals surface area contributed by atoms with Gasteiger partial charge in [0.15, 0.2) is 5.96 Å². The number of aliphatic imine (C=N–C) groups is 1.